The number of hydrogen-bond donors (Lipinski definition) is 1. The van der Waals surface area contributed by atoms with E-state index in [4.69, 9.17) is 10.5 Å². The van der Waals surface area contributed by atoms with E-state index in [0.717, 1.165) is 38.0 Å². The maximum atomic E-state index is 13.1. The lowest BCUT2D eigenvalue weighted by Crippen LogP contribution is -2.58. The Morgan fingerprint density at radius 3 is 2.55 bits per heavy atom. The van der Waals surface area contributed by atoms with Gasteiger partial charge in [0.05, 0.1) is 24.2 Å². The highest BCUT2D eigenvalue weighted by Crippen LogP contribution is 2.40. The smallest absolute Gasteiger partial charge is 0.230 e. The molecule has 2 unspecified atom stereocenters. The zero-order valence-corrected chi connectivity index (χ0v) is 13.2. The van der Waals surface area contributed by atoms with E-state index in [0.29, 0.717) is 19.7 Å². The molecule has 0 aromatic heterocycles. The van der Waals surface area contributed by atoms with Crippen molar-refractivity contribution in [3.63, 3.8) is 0 Å². The van der Waals surface area contributed by atoms with Crippen LogP contribution in [0.3, 0.4) is 0 Å². The number of nitrogens with two attached hydrogens (primary N) is 1. The van der Waals surface area contributed by atoms with Crippen molar-refractivity contribution in [2.75, 3.05) is 19.7 Å². The summed E-state index contributed by atoms with van der Waals surface area (Å²) in [7, 11) is 0. The first-order valence-corrected chi connectivity index (χ1v) is 8.15. The van der Waals surface area contributed by atoms with E-state index in [1.54, 1.807) is 0 Å². The standard InChI is InChI=1S/C16H30N2O2/c1-4-14-10-20-13(3)9-18(14)15(19)16(11-17)7-5-12(2)6-8-16/h12-14H,4-11,17H2,1-3H3. The van der Waals surface area contributed by atoms with Crippen molar-refractivity contribution in [3.8, 4) is 0 Å². The maximum absolute atomic E-state index is 13.1. The summed E-state index contributed by atoms with van der Waals surface area (Å²) in [6, 6.07) is 0.224. The summed E-state index contributed by atoms with van der Waals surface area (Å²) < 4.78 is 5.71. The van der Waals surface area contributed by atoms with Crippen LogP contribution in [0, 0.1) is 11.3 Å². The van der Waals surface area contributed by atoms with Gasteiger partial charge >= 0.3 is 0 Å². The van der Waals surface area contributed by atoms with Gasteiger partial charge in [0.15, 0.2) is 0 Å². The van der Waals surface area contributed by atoms with Gasteiger partial charge in [-0.2, -0.15) is 0 Å². The fourth-order valence-electron chi connectivity index (χ4n) is 3.56. The molecule has 0 radical (unpaired) electrons. The summed E-state index contributed by atoms with van der Waals surface area (Å²) in [5.74, 6) is 1.02. The second-order valence-corrected chi connectivity index (χ2v) is 6.83. The highest BCUT2D eigenvalue weighted by Gasteiger charge is 2.44. The van der Waals surface area contributed by atoms with Crippen molar-refractivity contribution >= 4 is 5.91 Å². The maximum Gasteiger partial charge on any atom is 0.230 e. The molecule has 0 aromatic rings. The predicted octanol–water partition coefficient (Wildman–Crippen LogP) is 2.17. The molecule has 1 heterocycles. The molecule has 2 atom stereocenters. The van der Waals surface area contributed by atoms with E-state index in [2.05, 4.69) is 18.7 Å². The molecule has 116 valence electrons. The third-order valence-corrected chi connectivity index (χ3v) is 5.28. The molecule has 2 rings (SSSR count). The molecule has 1 aliphatic carbocycles. The van der Waals surface area contributed by atoms with Crippen molar-refractivity contribution in [3.05, 3.63) is 0 Å². The Kier molecular flexibility index (Phi) is 5.08. The lowest BCUT2D eigenvalue weighted by molar-refractivity contribution is -0.157. The van der Waals surface area contributed by atoms with Gasteiger partial charge in [0, 0.05) is 13.1 Å². The van der Waals surface area contributed by atoms with Gasteiger partial charge in [0.1, 0.15) is 0 Å². The van der Waals surface area contributed by atoms with E-state index in [1.807, 2.05) is 6.92 Å². The molecular weight excluding hydrogens is 252 g/mol. The lowest BCUT2D eigenvalue weighted by Gasteiger charge is -2.46. The topological polar surface area (TPSA) is 55.6 Å². The van der Waals surface area contributed by atoms with Crippen molar-refractivity contribution in [2.45, 2.75) is 65.0 Å². The molecule has 2 N–H and O–H groups in total. The fourth-order valence-corrected chi connectivity index (χ4v) is 3.56. The molecule has 20 heavy (non-hydrogen) atoms. The normalized spacial score (nSPS) is 38.8. The molecule has 1 saturated heterocycles. The number of rotatable bonds is 3. The number of nitrogens with zero attached hydrogens (tertiary/aromatic N) is 1. The minimum absolute atomic E-state index is 0.138. The molecule has 4 nitrogen and oxygen atoms in total. The van der Waals surface area contributed by atoms with E-state index < -0.39 is 0 Å². The van der Waals surface area contributed by atoms with E-state index in [9.17, 15) is 4.79 Å². The van der Waals surface area contributed by atoms with Crippen molar-refractivity contribution < 1.29 is 9.53 Å². The average Bonchev–Trinajstić information content (AvgIpc) is 2.47. The van der Waals surface area contributed by atoms with Crippen LogP contribution in [0.15, 0.2) is 0 Å². The minimum Gasteiger partial charge on any atom is -0.375 e. The molecule has 2 aliphatic rings. The largest absolute Gasteiger partial charge is 0.375 e. The van der Waals surface area contributed by atoms with Crippen molar-refractivity contribution in [1.82, 2.24) is 4.90 Å². The van der Waals surface area contributed by atoms with Crippen LogP contribution in [0.4, 0.5) is 0 Å². The Bertz CT molecular complexity index is 337. The van der Waals surface area contributed by atoms with Gasteiger partial charge in [-0.3, -0.25) is 4.79 Å². The van der Waals surface area contributed by atoms with Gasteiger partial charge in [-0.1, -0.05) is 13.8 Å². The van der Waals surface area contributed by atoms with E-state index >= 15 is 0 Å². The molecule has 0 bridgehead atoms. The van der Waals surface area contributed by atoms with Crippen molar-refractivity contribution in [2.24, 2.45) is 17.1 Å². The molecule has 2 fully saturated rings. The van der Waals surface area contributed by atoms with Crippen LogP contribution >= 0.6 is 0 Å². The monoisotopic (exact) mass is 282 g/mol. The SMILES string of the molecule is CCC1COC(C)CN1C(=O)C1(CN)CCC(C)CC1. The zero-order chi connectivity index (χ0) is 14.8. The van der Waals surface area contributed by atoms with Gasteiger partial charge in [0.2, 0.25) is 5.91 Å². The average molecular weight is 282 g/mol. The minimum atomic E-state index is -0.309. The number of carbonyl (C=O) groups is 1. The Morgan fingerprint density at radius 2 is 2.00 bits per heavy atom. The van der Waals surface area contributed by atoms with Crippen LogP contribution in [-0.2, 0) is 9.53 Å². The Labute approximate surface area is 123 Å². The summed E-state index contributed by atoms with van der Waals surface area (Å²) in [6.45, 7) is 8.32. The first-order chi connectivity index (χ1) is 9.52. The highest BCUT2D eigenvalue weighted by molar-refractivity contribution is 5.83. The van der Waals surface area contributed by atoms with Crippen LogP contribution in [0.2, 0.25) is 0 Å². The highest BCUT2D eigenvalue weighted by atomic mass is 16.5. The third kappa shape index (κ3) is 3.01. The molecule has 1 saturated carbocycles. The number of hydrogen-bond acceptors (Lipinski definition) is 3. The van der Waals surface area contributed by atoms with Crippen LogP contribution in [-0.4, -0.2) is 42.6 Å². The van der Waals surface area contributed by atoms with E-state index in [-0.39, 0.29) is 23.5 Å². The first-order valence-electron chi connectivity index (χ1n) is 8.15. The number of morpholine rings is 1. The van der Waals surface area contributed by atoms with Crippen LogP contribution < -0.4 is 5.73 Å². The number of ether oxygens (including phenoxy) is 1. The summed E-state index contributed by atoms with van der Waals surface area (Å²) in [4.78, 5) is 15.2. The second kappa shape index (κ2) is 6.44. The zero-order valence-electron chi connectivity index (χ0n) is 13.2. The molecule has 1 amide bonds. The van der Waals surface area contributed by atoms with Crippen LogP contribution in [0.5, 0.6) is 0 Å². The Morgan fingerprint density at radius 1 is 1.35 bits per heavy atom. The van der Waals surface area contributed by atoms with Gasteiger partial charge in [-0.05, 0) is 44.9 Å². The number of carbonyl (C=O) groups excluding carboxylic acids is 1. The van der Waals surface area contributed by atoms with Gasteiger partial charge in [0.25, 0.3) is 0 Å². The lowest BCUT2D eigenvalue weighted by atomic mass is 9.69. The quantitative estimate of drug-likeness (QED) is 0.863. The molecule has 4 heteroatoms. The summed E-state index contributed by atoms with van der Waals surface area (Å²) in [6.07, 6.45) is 5.24. The fraction of sp³-hybridized carbons (Fsp3) is 0.938. The third-order valence-electron chi connectivity index (χ3n) is 5.28. The Hall–Kier alpha value is -0.610. The summed E-state index contributed by atoms with van der Waals surface area (Å²) >= 11 is 0. The molecule has 0 spiro atoms. The van der Waals surface area contributed by atoms with Crippen LogP contribution in [0.25, 0.3) is 0 Å². The number of amides is 1. The molecule has 1 aliphatic heterocycles. The van der Waals surface area contributed by atoms with Crippen LogP contribution in [0.1, 0.15) is 52.9 Å². The van der Waals surface area contributed by atoms with Crippen molar-refractivity contribution in [1.29, 1.82) is 0 Å². The van der Waals surface area contributed by atoms with Gasteiger partial charge < -0.3 is 15.4 Å². The van der Waals surface area contributed by atoms with Gasteiger partial charge in [-0.25, -0.2) is 0 Å². The van der Waals surface area contributed by atoms with E-state index in [1.165, 1.54) is 0 Å². The molecular formula is C16H30N2O2. The van der Waals surface area contributed by atoms with Gasteiger partial charge in [-0.15, -0.1) is 0 Å². The first kappa shape index (κ1) is 15.8. The summed E-state index contributed by atoms with van der Waals surface area (Å²) in [5.41, 5.74) is 5.73. The molecule has 0 aromatic carbocycles. The summed E-state index contributed by atoms with van der Waals surface area (Å²) in [5, 5.41) is 0. The Balaban J connectivity index is 2.14. The second-order valence-electron chi connectivity index (χ2n) is 6.83. The predicted molar refractivity (Wildman–Crippen MR) is 80.3 cm³/mol.